The van der Waals surface area contributed by atoms with Crippen LogP contribution in [-0.4, -0.2) is 18.0 Å². The third-order valence-electron chi connectivity index (χ3n) is 2.58. The van der Waals surface area contributed by atoms with Crippen molar-refractivity contribution in [1.29, 1.82) is 0 Å². The average Bonchev–Trinajstić information content (AvgIpc) is 2.35. The summed E-state index contributed by atoms with van der Waals surface area (Å²) in [5, 5.41) is 0.634. The van der Waals surface area contributed by atoms with Crippen LogP contribution in [0.2, 0.25) is 10.0 Å². The van der Waals surface area contributed by atoms with E-state index in [0.717, 1.165) is 10.8 Å². The van der Waals surface area contributed by atoms with E-state index in [2.05, 4.69) is 0 Å². The fourth-order valence-corrected chi connectivity index (χ4v) is 2.79. The number of halogens is 3. The van der Waals surface area contributed by atoms with Gasteiger partial charge in [0, 0.05) is 16.9 Å². The Morgan fingerprint density at radius 2 is 1.81 bits per heavy atom. The number of hydrogen-bond donors (Lipinski definition) is 1. The summed E-state index contributed by atoms with van der Waals surface area (Å²) in [6, 6.07) is 4.67. The molecule has 0 radical (unpaired) electrons. The minimum absolute atomic E-state index is 0.00802. The fourth-order valence-electron chi connectivity index (χ4n) is 1.62. The molecule has 0 unspecified atom stereocenters. The number of nitrogens with one attached hydrogen (secondary N) is 1. The van der Waals surface area contributed by atoms with Crippen LogP contribution in [0.25, 0.3) is 0 Å². The molecular weight excluding hydrogens is 363 g/mol. The van der Waals surface area contributed by atoms with E-state index in [9.17, 15) is 18.0 Å². The summed E-state index contributed by atoms with van der Waals surface area (Å²) >= 11 is 11.6. The average molecular weight is 370 g/mol. The third kappa shape index (κ3) is 3.68. The van der Waals surface area contributed by atoms with Crippen LogP contribution >= 0.6 is 33.9 Å². The molecule has 0 fully saturated rings. The Kier molecular flexibility index (Phi) is 4.48. The molecule has 0 amide bonds. The highest BCUT2D eigenvalue weighted by molar-refractivity contribution is 8.13. The smallest absolute Gasteiger partial charge is 0.295 e. The Morgan fingerprint density at radius 3 is 2.38 bits per heavy atom. The number of benzene rings is 1. The maximum absolute atomic E-state index is 11.7. The number of hydrogen-bond acceptors (Lipinski definition) is 4. The lowest BCUT2D eigenvalue weighted by molar-refractivity contribution is 0.603. The molecule has 0 aliphatic carbocycles. The van der Waals surface area contributed by atoms with Crippen molar-refractivity contribution < 1.29 is 8.42 Å². The zero-order valence-electron chi connectivity index (χ0n) is 10.1. The van der Waals surface area contributed by atoms with Crippen molar-refractivity contribution >= 4 is 42.9 Å². The van der Waals surface area contributed by atoms with E-state index < -0.39 is 25.2 Å². The lowest BCUT2D eigenvalue weighted by atomic mass is 10.2. The molecular formula is C11H7Cl3N2O4S. The first-order valence-electron chi connectivity index (χ1n) is 5.41. The molecule has 1 heterocycles. The first kappa shape index (κ1) is 16.1. The van der Waals surface area contributed by atoms with Gasteiger partial charge in [-0.2, -0.15) is 0 Å². The maximum atomic E-state index is 11.7. The van der Waals surface area contributed by atoms with Gasteiger partial charge in [0.1, 0.15) is 0 Å². The molecule has 1 N–H and O–H groups in total. The Morgan fingerprint density at radius 1 is 1.14 bits per heavy atom. The Hall–Kier alpha value is -1.28. The molecule has 0 aliphatic rings. The molecule has 2 aromatic rings. The molecule has 0 spiro atoms. The summed E-state index contributed by atoms with van der Waals surface area (Å²) < 4.78 is 23.5. The number of aromatic nitrogens is 2. The quantitative estimate of drug-likeness (QED) is 0.836. The van der Waals surface area contributed by atoms with Crippen LogP contribution in [0.1, 0.15) is 5.56 Å². The van der Waals surface area contributed by atoms with Gasteiger partial charge in [-0.15, -0.1) is 0 Å². The number of nitrogens with zero attached hydrogens (tertiary/aromatic N) is 1. The van der Waals surface area contributed by atoms with Gasteiger partial charge in [0.05, 0.1) is 16.6 Å². The number of rotatable bonds is 3. The van der Waals surface area contributed by atoms with Crippen molar-refractivity contribution in [3.05, 3.63) is 60.8 Å². The molecule has 0 saturated carbocycles. The first-order valence-corrected chi connectivity index (χ1v) is 8.47. The lowest BCUT2D eigenvalue weighted by Crippen LogP contribution is -2.32. The van der Waals surface area contributed by atoms with Gasteiger partial charge in [-0.1, -0.05) is 29.3 Å². The van der Waals surface area contributed by atoms with Crippen molar-refractivity contribution in [3.63, 3.8) is 0 Å². The van der Waals surface area contributed by atoms with Crippen LogP contribution < -0.4 is 11.2 Å². The van der Waals surface area contributed by atoms with E-state index in [1.807, 2.05) is 4.98 Å². The number of H-pyrrole nitrogens is 1. The van der Waals surface area contributed by atoms with E-state index in [0.29, 0.717) is 10.6 Å². The zero-order valence-corrected chi connectivity index (χ0v) is 13.2. The van der Waals surface area contributed by atoms with Crippen LogP contribution in [0.4, 0.5) is 0 Å². The Balaban J connectivity index is 2.52. The van der Waals surface area contributed by atoms with Crippen LogP contribution in [0.3, 0.4) is 0 Å². The van der Waals surface area contributed by atoms with Crippen molar-refractivity contribution in [2.24, 2.45) is 0 Å². The van der Waals surface area contributed by atoms with Gasteiger partial charge in [0.15, 0.2) is 4.90 Å². The largest absolute Gasteiger partial charge is 0.328 e. The highest BCUT2D eigenvalue weighted by Gasteiger charge is 2.17. The van der Waals surface area contributed by atoms with Crippen molar-refractivity contribution in [2.45, 2.75) is 11.4 Å². The van der Waals surface area contributed by atoms with Crippen LogP contribution in [-0.2, 0) is 15.6 Å². The standard InChI is InChI=1S/C11H7Cl3N2O4S/c12-7-2-1-6(3-8(7)13)4-16-5-9(21(14,19)20)10(17)15-11(16)18/h1-3,5H,4H2,(H,15,17,18). The minimum atomic E-state index is -4.26. The summed E-state index contributed by atoms with van der Waals surface area (Å²) in [6.45, 7) is -0.00802. The van der Waals surface area contributed by atoms with Crippen LogP contribution in [0, 0.1) is 0 Å². The van der Waals surface area contributed by atoms with Gasteiger partial charge >= 0.3 is 5.69 Å². The summed E-state index contributed by atoms with van der Waals surface area (Å²) in [5.74, 6) is 0. The van der Waals surface area contributed by atoms with Gasteiger partial charge in [0.25, 0.3) is 14.6 Å². The van der Waals surface area contributed by atoms with Gasteiger partial charge in [-0.3, -0.25) is 14.3 Å². The van der Waals surface area contributed by atoms with Gasteiger partial charge in [-0.25, -0.2) is 13.2 Å². The highest BCUT2D eigenvalue weighted by Crippen LogP contribution is 2.22. The molecule has 0 bridgehead atoms. The first-order chi connectivity index (χ1) is 9.68. The number of aromatic amines is 1. The third-order valence-corrected chi connectivity index (χ3v) is 4.63. The molecule has 6 nitrogen and oxygen atoms in total. The molecule has 10 heteroatoms. The normalized spacial score (nSPS) is 11.6. The molecule has 2 rings (SSSR count). The second-order valence-electron chi connectivity index (χ2n) is 4.07. The van der Waals surface area contributed by atoms with Crippen molar-refractivity contribution in [2.75, 3.05) is 0 Å². The molecule has 0 saturated heterocycles. The molecule has 1 aromatic heterocycles. The van der Waals surface area contributed by atoms with E-state index in [1.165, 1.54) is 12.1 Å². The fraction of sp³-hybridized carbons (Fsp3) is 0.0909. The lowest BCUT2D eigenvalue weighted by Gasteiger charge is -2.07. The summed E-state index contributed by atoms with van der Waals surface area (Å²) in [4.78, 5) is 24.3. The van der Waals surface area contributed by atoms with Gasteiger partial charge in [0.2, 0.25) is 0 Å². The van der Waals surface area contributed by atoms with E-state index in [-0.39, 0.29) is 11.6 Å². The van der Waals surface area contributed by atoms with Crippen molar-refractivity contribution in [1.82, 2.24) is 9.55 Å². The maximum Gasteiger partial charge on any atom is 0.328 e. The predicted octanol–water partition coefficient (Wildman–Crippen LogP) is 1.82. The second kappa shape index (κ2) is 5.84. The summed E-state index contributed by atoms with van der Waals surface area (Å²) in [5.41, 5.74) is -1.24. The molecule has 21 heavy (non-hydrogen) atoms. The predicted molar refractivity (Wildman–Crippen MR) is 79.9 cm³/mol. The van der Waals surface area contributed by atoms with E-state index in [1.54, 1.807) is 6.07 Å². The van der Waals surface area contributed by atoms with E-state index in [4.69, 9.17) is 33.9 Å². The topological polar surface area (TPSA) is 89.0 Å². The van der Waals surface area contributed by atoms with E-state index >= 15 is 0 Å². The summed E-state index contributed by atoms with van der Waals surface area (Å²) in [7, 11) is 0.877. The van der Waals surface area contributed by atoms with Crippen molar-refractivity contribution in [3.8, 4) is 0 Å². The monoisotopic (exact) mass is 368 g/mol. The zero-order chi connectivity index (χ0) is 15.8. The van der Waals surface area contributed by atoms with Gasteiger partial charge < -0.3 is 0 Å². The summed E-state index contributed by atoms with van der Waals surface area (Å²) in [6.07, 6.45) is 0.881. The van der Waals surface area contributed by atoms with Crippen LogP contribution in [0.5, 0.6) is 0 Å². The highest BCUT2D eigenvalue weighted by atomic mass is 35.7. The SMILES string of the molecule is O=c1[nH]c(=O)n(Cc2ccc(Cl)c(Cl)c2)cc1S(=O)(=O)Cl. The molecule has 1 aromatic carbocycles. The molecule has 112 valence electrons. The Bertz CT molecular complexity index is 918. The minimum Gasteiger partial charge on any atom is -0.295 e. The second-order valence-corrected chi connectivity index (χ2v) is 7.42. The van der Waals surface area contributed by atoms with Crippen LogP contribution in [0.15, 0.2) is 38.9 Å². The van der Waals surface area contributed by atoms with Gasteiger partial charge in [-0.05, 0) is 17.7 Å². The Labute approximate surface area is 133 Å². The molecule has 0 aliphatic heterocycles. The molecule has 0 atom stereocenters.